The quantitative estimate of drug-likeness (QED) is 0.846. The predicted octanol–water partition coefficient (Wildman–Crippen LogP) is 1.27. The molecule has 0 radical (unpaired) electrons. The number of nitrogens with zero attached hydrogens (tertiary/aromatic N) is 2. The summed E-state index contributed by atoms with van der Waals surface area (Å²) in [5.41, 5.74) is 6.65. The molecule has 0 aliphatic carbocycles. The summed E-state index contributed by atoms with van der Waals surface area (Å²) < 4.78 is 5.15. The van der Waals surface area contributed by atoms with Crippen molar-refractivity contribution in [2.75, 3.05) is 20.2 Å². The van der Waals surface area contributed by atoms with Gasteiger partial charge in [-0.05, 0) is 31.5 Å². The molecule has 1 aromatic carbocycles. The van der Waals surface area contributed by atoms with Crippen LogP contribution >= 0.6 is 0 Å². The molecule has 0 fully saturated rings. The Hall–Kier alpha value is -1.91. The lowest BCUT2D eigenvalue weighted by atomic mass is 9.91. The standard InChI is InChI=1S/C13H19N3O2/c1-4-16-12(14)15-8-13(16,2)9-5-6-10(17)11(7-9)18-3/h5-7,17H,4,8H2,1-3H3,(H2,14,15). The number of rotatable bonds is 3. The van der Waals surface area contributed by atoms with Gasteiger partial charge < -0.3 is 20.5 Å². The number of guanidine groups is 1. The van der Waals surface area contributed by atoms with Crippen LogP contribution in [0.1, 0.15) is 19.4 Å². The van der Waals surface area contributed by atoms with Crippen molar-refractivity contribution in [3.8, 4) is 11.5 Å². The third kappa shape index (κ3) is 1.75. The molecule has 0 amide bonds. The fourth-order valence-corrected chi connectivity index (χ4v) is 2.43. The number of benzene rings is 1. The second-order valence-electron chi connectivity index (χ2n) is 4.58. The predicted molar refractivity (Wildman–Crippen MR) is 70.9 cm³/mol. The van der Waals surface area contributed by atoms with Crippen LogP contribution in [0.3, 0.4) is 0 Å². The molecule has 0 bridgehead atoms. The Morgan fingerprint density at radius 1 is 1.56 bits per heavy atom. The van der Waals surface area contributed by atoms with Crippen LogP contribution in [0.4, 0.5) is 0 Å². The molecule has 3 N–H and O–H groups in total. The van der Waals surface area contributed by atoms with Crippen molar-refractivity contribution in [2.45, 2.75) is 19.4 Å². The van der Waals surface area contributed by atoms with Gasteiger partial charge in [-0.2, -0.15) is 0 Å². The highest BCUT2D eigenvalue weighted by Crippen LogP contribution is 2.36. The van der Waals surface area contributed by atoms with E-state index in [1.807, 2.05) is 19.1 Å². The van der Waals surface area contributed by atoms with Crippen molar-refractivity contribution in [3.05, 3.63) is 23.8 Å². The van der Waals surface area contributed by atoms with Crippen LogP contribution in [0.25, 0.3) is 0 Å². The molecule has 0 saturated heterocycles. The van der Waals surface area contributed by atoms with Crippen molar-refractivity contribution < 1.29 is 9.84 Å². The molecule has 0 aromatic heterocycles. The lowest BCUT2D eigenvalue weighted by Gasteiger charge is -2.36. The Bertz CT molecular complexity index is 487. The minimum Gasteiger partial charge on any atom is -0.504 e. The highest BCUT2D eigenvalue weighted by Gasteiger charge is 2.38. The zero-order valence-corrected chi connectivity index (χ0v) is 11.0. The molecule has 98 valence electrons. The maximum Gasteiger partial charge on any atom is 0.192 e. The van der Waals surface area contributed by atoms with Gasteiger partial charge in [0.15, 0.2) is 17.5 Å². The molecule has 1 unspecified atom stereocenters. The summed E-state index contributed by atoms with van der Waals surface area (Å²) in [5.74, 6) is 1.17. The van der Waals surface area contributed by atoms with Gasteiger partial charge in [-0.3, -0.25) is 4.99 Å². The SMILES string of the molecule is CCN1C(N)=NCC1(C)c1ccc(O)c(OC)c1. The fourth-order valence-electron chi connectivity index (χ4n) is 2.43. The molecule has 2 rings (SSSR count). The topological polar surface area (TPSA) is 71.1 Å². The summed E-state index contributed by atoms with van der Waals surface area (Å²) in [6, 6.07) is 5.36. The number of ether oxygens (including phenoxy) is 1. The summed E-state index contributed by atoms with van der Waals surface area (Å²) in [6.45, 7) is 5.53. The zero-order valence-electron chi connectivity index (χ0n) is 11.0. The largest absolute Gasteiger partial charge is 0.504 e. The summed E-state index contributed by atoms with van der Waals surface area (Å²) >= 11 is 0. The number of phenols is 1. The van der Waals surface area contributed by atoms with Crippen LogP contribution in [-0.2, 0) is 5.54 Å². The lowest BCUT2D eigenvalue weighted by molar-refractivity contribution is 0.233. The number of hydrogen-bond acceptors (Lipinski definition) is 5. The monoisotopic (exact) mass is 249 g/mol. The van der Waals surface area contributed by atoms with Gasteiger partial charge >= 0.3 is 0 Å². The highest BCUT2D eigenvalue weighted by atomic mass is 16.5. The molecule has 0 spiro atoms. The molecule has 0 saturated carbocycles. The Labute approximate surface area is 107 Å². The van der Waals surface area contributed by atoms with E-state index in [-0.39, 0.29) is 11.3 Å². The molecular weight excluding hydrogens is 230 g/mol. The van der Waals surface area contributed by atoms with Gasteiger partial charge in [-0.25, -0.2) is 0 Å². The van der Waals surface area contributed by atoms with Gasteiger partial charge in [0.1, 0.15) is 0 Å². The van der Waals surface area contributed by atoms with Crippen molar-refractivity contribution in [1.82, 2.24) is 4.90 Å². The van der Waals surface area contributed by atoms with Crippen LogP contribution in [-0.4, -0.2) is 36.2 Å². The first-order chi connectivity index (χ1) is 8.52. The van der Waals surface area contributed by atoms with E-state index in [2.05, 4.69) is 16.8 Å². The summed E-state index contributed by atoms with van der Waals surface area (Å²) in [5, 5.41) is 9.64. The number of methoxy groups -OCH3 is 1. The normalized spacial score (nSPS) is 23.1. The first-order valence-electron chi connectivity index (χ1n) is 5.98. The van der Waals surface area contributed by atoms with Crippen molar-refractivity contribution in [3.63, 3.8) is 0 Å². The Balaban J connectivity index is 2.42. The summed E-state index contributed by atoms with van der Waals surface area (Å²) in [7, 11) is 1.54. The average Bonchev–Trinajstić information content (AvgIpc) is 2.66. The fraction of sp³-hybridized carbons (Fsp3) is 0.462. The molecule has 5 heteroatoms. The maximum atomic E-state index is 9.64. The molecular formula is C13H19N3O2. The van der Waals surface area contributed by atoms with Crippen molar-refractivity contribution >= 4 is 5.96 Å². The highest BCUT2D eigenvalue weighted by molar-refractivity contribution is 5.81. The summed E-state index contributed by atoms with van der Waals surface area (Å²) in [4.78, 5) is 6.37. The Morgan fingerprint density at radius 3 is 2.89 bits per heavy atom. The second-order valence-corrected chi connectivity index (χ2v) is 4.58. The van der Waals surface area contributed by atoms with Crippen molar-refractivity contribution in [1.29, 1.82) is 0 Å². The van der Waals surface area contributed by atoms with Gasteiger partial charge in [0.05, 0.1) is 19.2 Å². The van der Waals surface area contributed by atoms with E-state index in [0.29, 0.717) is 18.3 Å². The maximum absolute atomic E-state index is 9.64. The van der Waals surface area contributed by atoms with Gasteiger partial charge in [0, 0.05) is 6.54 Å². The zero-order chi connectivity index (χ0) is 13.3. The third-order valence-corrected chi connectivity index (χ3v) is 3.54. The first-order valence-corrected chi connectivity index (χ1v) is 5.98. The lowest BCUT2D eigenvalue weighted by Crippen LogP contribution is -2.47. The molecule has 1 aliphatic heterocycles. The van der Waals surface area contributed by atoms with Gasteiger partial charge in [0.25, 0.3) is 0 Å². The second kappa shape index (κ2) is 4.40. The molecule has 1 heterocycles. The van der Waals surface area contributed by atoms with E-state index >= 15 is 0 Å². The number of phenolic OH excluding ortho intramolecular Hbond substituents is 1. The number of aliphatic imine (C=N–C) groups is 1. The van der Waals surface area contributed by atoms with E-state index in [1.165, 1.54) is 7.11 Å². The van der Waals surface area contributed by atoms with Gasteiger partial charge in [-0.15, -0.1) is 0 Å². The van der Waals surface area contributed by atoms with Crippen LogP contribution < -0.4 is 10.5 Å². The van der Waals surface area contributed by atoms with Gasteiger partial charge in [0.2, 0.25) is 0 Å². The van der Waals surface area contributed by atoms with Crippen LogP contribution in [0.5, 0.6) is 11.5 Å². The van der Waals surface area contributed by atoms with E-state index in [0.717, 1.165) is 12.1 Å². The Morgan fingerprint density at radius 2 is 2.28 bits per heavy atom. The molecule has 18 heavy (non-hydrogen) atoms. The van der Waals surface area contributed by atoms with Gasteiger partial charge in [-0.1, -0.05) is 6.07 Å². The number of hydrogen-bond donors (Lipinski definition) is 2. The van der Waals surface area contributed by atoms with Crippen LogP contribution in [0, 0.1) is 0 Å². The van der Waals surface area contributed by atoms with E-state index in [1.54, 1.807) is 6.07 Å². The van der Waals surface area contributed by atoms with E-state index in [9.17, 15) is 5.11 Å². The number of aromatic hydroxyl groups is 1. The average molecular weight is 249 g/mol. The number of likely N-dealkylation sites (N-methyl/N-ethyl adjacent to an activating group) is 1. The number of nitrogens with two attached hydrogens (primary N) is 1. The van der Waals surface area contributed by atoms with E-state index < -0.39 is 0 Å². The minimum absolute atomic E-state index is 0.139. The van der Waals surface area contributed by atoms with Crippen molar-refractivity contribution in [2.24, 2.45) is 10.7 Å². The molecule has 5 nitrogen and oxygen atoms in total. The smallest absolute Gasteiger partial charge is 0.192 e. The third-order valence-electron chi connectivity index (χ3n) is 3.54. The first kappa shape index (κ1) is 12.5. The van der Waals surface area contributed by atoms with Crippen LogP contribution in [0.2, 0.25) is 0 Å². The molecule has 1 atom stereocenters. The van der Waals surface area contributed by atoms with Crippen LogP contribution in [0.15, 0.2) is 23.2 Å². The molecule has 1 aromatic rings. The van der Waals surface area contributed by atoms with E-state index in [4.69, 9.17) is 10.5 Å². The summed E-state index contributed by atoms with van der Waals surface area (Å²) in [6.07, 6.45) is 0. The minimum atomic E-state index is -0.278. The Kier molecular flexibility index (Phi) is 3.07. The molecule has 1 aliphatic rings.